The maximum atomic E-state index is 5.50. The van der Waals surface area contributed by atoms with Crippen molar-refractivity contribution in [1.29, 1.82) is 0 Å². The molecule has 0 radical (unpaired) electrons. The Bertz CT molecular complexity index is 709. The van der Waals surface area contributed by atoms with Crippen LogP contribution in [0.1, 0.15) is 25.0 Å². The molecule has 0 amide bonds. The second-order valence-corrected chi connectivity index (χ2v) is 7.41. The van der Waals surface area contributed by atoms with Crippen LogP contribution in [0.15, 0.2) is 30.6 Å². The number of nitrogens with zero attached hydrogens (tertiary/aromatic N) is 4. The molecule has 4 heterocycles. The van der Waals surface area contributed by atoms with Crippen molar-refractivity contribution < 1.29 is 4.74 Å². The zero-order valence-corrected chi connectivity index (χ0v) is 15.4. The van der Waals surface area contributed by atoms with Gasteiger partial charge in [-0.3, -0.25) is 4.98 Å². The maximum absolute atomic E-state index is 5.50. The van der Waals surface area contributed by atoms with Gasteiger partial charge in [-0.15, -0.1) is 0 Å². The minimum atomic E-state index is 0.474. The number of rotatable bonds is 5. The van der Waals surface area contributed by atoms with Crippen LogP contribution in [-0.4, -0.2) is 58.7 Å². The third-order valence-electron chi connectivity index (χ3n) is 5.25. The van der Waals surface area contributed by atoms with E-state index in [4.69, 9.17) is 9.72 Å². The average Bonchev–Trinajstić information content (AvgIpc) is 3.17. The van der Waals surface area contributed by atoms with Crippen LogP contribution in [0.5, 0.6) is 0 Å². The van der Waals surface area contributed by atoms with Gasteiger partial charge in [0.05, 0.1) is 6.61 Å². The predicted octanol–water partition coefficient (Wildman–Crippen LogP) is 2.76. The molecule has 6 nitrogen and oxygen atoms in total. The molecule has 138 valence electrons. The highest BCUT2D eigenvalue weighted by Gasteiger charge is 2.24. The third-order valence-corrected chi connectivity index (χ3v) is 5.25. The highest BCUT2D eigenvalue weighted by atomic mass is 16.5. The topological polar surface area (TPSA) is 63.2 Å². The molecule has 0 saturated carbocycles. The Labute approximate surface area is 155 Å². The molecule has 2 aromatic heterocycles. The number of aromatic nitrogens is 3. The summed E-state index contributed by atoms with van der Waals surface area (Å²) in [5, 5.41) is 3.62. The zero-order valence-electron chi connectivity index (χ0n) is 15.4. The molecular weight excluding hydrogens is 326 g/mol. The quantitative estimate of drug-likeness (QED) is 0.892. The first-order valence-corrected chi connectivity index (χ1v) is 9.59. The van der Waals surface area contributed by atoms with Crippen LogP contribution in [0.25, 0.3) is 11.4 Å². The standard InChI is InChI=1S/C20H27N5O/c1-15-11-19(24-20(22-15)17-3-2-7-21-12-17)23-18-4-8-25(9-5-18)13-16-6-10-26-14-16/h2-3,7,11-12,16,18H,4-6,8-10,13-14H2,1H3,(H,22,23,24). The number of piperidine rings is 1. The molecule has 0 aromatic carbocycles. The number of pyridine rings is 1. The number of hydrogen-bond donors (Lipinski definition) is 1. The molecule has 2 aliphatic rings. The van der Waals surface area contributed by atoms with Gasteiger partial charge in [-0.05, 0) is 44.2 Å². The summed E-state index contributed by atoms with van der Waals surface area (Å²) in [6, 6.07) is 6.42. The molecular formula is C20H27N5O. The summed E-state index contributed by atoms with van der Waals surface area (Å²) in [6.45, 7) is 7.37. The Morgan fingerprint density at radius 1 is 1.23 bits per heavy atom. The molecule has 4 rings (SSSR count). The molecule has 1 unspecified atom stereocenters. The molecule has 1 atom stereocenters. The van der Waals surface area contributed by atoms with Gasteiger partial charge in [0.15, 0.2) is 5.82 Å². The number of aryl methyl sites for hydroxylation is 1. The summed E-state index contributed by atoms with van der Waals surface area (Å²) in [7, 11) is 0. The SMILES string of the molecule is Cc1cc(NC2CCN(CC3CCOC3)CC2)nc(-c2cccnc2)n1. The Morgan fingerprint density at radius 3 is 2.85 bits per heavy atom. The van der Waals surface area contributed by atoms with Crippen molar-refractivity contribution in [2.45, 2.75) is 32.2 Å². The van der Waals surface area contributed by atoms with Crippen molar-refractivity contribution in [1.82, 2.24) is 19.9 Å². The van der Waals surface area contributed by atoms with Gasteiger partial charge in [0.1, 0.15) is 5.82 Å². The van der Waals surface area contributed by atoms with E-state index in [9.17, 15) is 0 Å². The van der Waals surface area contributed by atoms with Gasteiger partial charge in [-0.2, -0.15) is 0 Å². The Morgan fingerprint density at radius 2 is 2.12 bits per heavy atom. The van der Waals surface area contributed by atoms with Gasteiger partial charge in [0.25, 0.3) is 0 Å². The van der Waals surface area contributed by atoms with Crippen molar-refractivity contribution >= 4 is 5.82 Å². The maximum Gasteiger partial charge on any atom is 0.163 e. The van der Waals surface area contributed by atoms with Crippen molar-refractivity contribution in [3.63, 3.8) is 0 Å². The summed E-state index contributed by atoms with van der Waals surface area (Å²) < 4.78 is 5.50. The lowest BCUT2D eigenvalue weighted by Gasteiger charge is -2.33. The summed E-state index contributed by atoms with van der Waals surface area (Å²) in [6.07, 6.45) is 7.10. The van der Waals surface area contributed by atoms with Crippen molar-refractivity contribution in [3.05, 3.63) is 36.3 Å². The van der Waals surface area contributed by atoms with Gasteiger partial charge in [0.2, 0.25) is 0 Å². The highest BCUT2D eigenvalue weighted by molar-refractivity contribution is 5.56. The van der Waals surface area contributed by atoms with Gasteiger partial charge in [0, 0.05) is 62.0 Å². The minimum absolute atomic E-state index is 0.474. The normalized spacial score (nSPS) is 21.8. The second-order valence-electron chi connectivity index (χ2n) is 7.41. The molecule has 2 fully saturated rings. The highest BCUT2D eigenvalue weighted by Crippen LogP contribution is 2.21. The lowest BCUT2D eigenvalue weighted by Crippen LogP contribution is -2.41. The molecule has 0 aliphatic carbocycles. The average molecular weight is 353 g/mol. The number of hydrogen-bond acceptors (Lipinski definition) is 6. The van der Waals surface area contributed by atoms with E-state index < -0.39 is 0 Å². The lowest BCUT2D eigenvalue weighted by atomic mass is 10.0. The fourth-order valence-electron chi connectivity index (χ4n) is 3.83. The zero-order chi connectivity index (χ0) is 17.8. The van der Waals surface area contributed by atoms with Crippen LogP contribution in [0.3, 0.4) is 0 Å². The van der Waals surface area contributed by atoms with E-state index >= 15 is 0 Å². The lowest BCUT2D eigenvalue weighted by molar-refractivity contribution is 0.154. The summed E-state index contributed by atoms with van der Waals surface area (Å²) in [4.78, 5) is 16.0. The van der Waals surface area contributed by atoms with Crippen LogP contribution in [-0.2, 0) is 4.74 Å². The van der Waals surface area contributed by atoms with E-state index in [1.165, 1.54) is 13.0 Å². The van der Waals surface area contributed by atoms with E-state index in [2.05, 4.69) is 20.2 Å². The number of ether oxygens (including phenoxy) is 1. The van der Waals surface area contributed by atoms with Gasteiger partial charge >= 0.3 is 0 Å². The van der Waals surface area contributed by atoms with Crippen molar-refractivity contribution in [2.24, 2.45) is 5.92 Å². The first-order chi connectivity index (χ1) is 12.8. The van der Waals surface area contributed by atoms with Crippen LogP contribution < -0.4 is 5.32 Å². The number of anilines is 1. The monoisotopic (exact) mass is 353 g/mol. The van der Waals surface area contributed by atoms with Crippen molar-refractivity contribution in [3.8, 4) is 11.4 Å². The number of likely N-dealkylation sites (tertiary alicyclic amines) is 1. The van der Waals surface area contributed by atoms with E-state index in [0.717, 1.165) is 68.0 Å². The van der Waals surface area contributed by atoms with Crippen LogP contribution in [0, 0.1) is 12.8 Å². The molecule has 26 heavy (non-hydrogen) atoms. The molecule has 2 saturated heterocycles. The molecule has 1 N–H and O–H groups in total. The van der Waals surface area contributed by atoms with Crippen LogP contribution >= 0.6 is 0 Å². The van der Waals surface area contributed by atoms with Gasteiger partial charge in [-0.1, -0.05) is 0 Å². The van der Waals surface area contributed by atoms with E-state index in [1.54, 1.807) is 6.20 Å². The van der Waals surface area contributed by atoms with Crippen molar-refractivity contribution in [2.75, 3.05) is 38.2 Å². The number of nitrogens with one attached hydrogen (secondary N) is 1. The van der Waals surface area contributed by atoms with E-state index in [1.807, 2.05) is 31.3 Å². The predicted molar refractivity (Wildman–Crippen MR) is 102 cm³/mol. The molecule has 2 aliphatic heterocycles. The largest absolute Gasteiger partial charge is 0.381 e. The van der Waals surface area contributed by atoms with Crippen LogP contribution in [0.4, 0.5) is 5.82 Å². The molecule has 0 spiro atoms. The Hall–Kier alpha value is -2.05. The fourth-order valence-corrected chi connectivity index (χ4v) is 3.83. The van der Waals surface area contributed by atoms with Crippen LogP contribution in [0.2, 0.25) is 0 Å². The van der Waals surface area contributed by atoms with E-state index in [0.29, 0.717) is 6.04 Å². The first kappa shape index (κ1) is 17.4. The Kier molecular flexibility index (Phi) is 5.41. The summed E-state index contributed by atoms with van der Waals surface area (Å²) in [5.74, 6) is 2.38. The smallest absolute Gasteiger partial charge is 0.163 e. The molecule has 0 bridgehead atoms. The minimum Gasteiger partial charge on any atom is -0.381 e. The third kappa shape index (κ3) is 4.37. The summed E-state index contributed by atoms with van der Waals surface area (Å²) >= 11 is 0. The van der Waals surface area contributed by atoms with Gasteiger partial charge < -0.3 is 15.0 Å². The summed E-state index contributed by atoms with van der Waals surface area (Å²) in [5.41, 5.74) is 1.92. The van der Waals surface area contributed by atoms with E-state index in [-0.39, 0.29) is 0 Å². The first-order valence-electron chi connectivity index (χ1n) is 9.59. The van der Waals surface area contributed by atoms with Gasteiger partial charge in [-0.25, -0.2) is 9.97 Å². The molecule has 6 heteroatoms. The fraction of sp³-hybridized carbons (Fsp3) is 0.550. The molecule has 2 aromatic rings. The second kappa shape index (κ2) is 8.10. The Balaban J connectivity index is 1.35.